The highest BCUT2D eigenvalue weighted by Crippen LogP contribution is 2.21. The highest BCUT2D eigenvalue weighted by atomic mass is 35.5. The van der Waals surface area contributed by atoms with Crippen LogP contribution in [0.15, 0.2) is 23.2 Å². The Labute approximate surface area is 104 Å². The summed E-state index contributed by atoms with van der Waals surface area (Å²) in [7, 11) is 1.58. The lowest BCUT2D eigenvalue weighted by molar-refractivity contribution is 0.208. The maximum atomic E-state index is 12.8. The molecule has 0 fully saturated rings. The van der Waals surface area contributed by atoms with Crippen LogP contribution in [-0.4, -0.2) is 26.2 Å². The summed E-state index contributed by atoms with van der Waals surface area (Å²) in [6, 6.07) is 3.99. The predicted octanol–water partition coefficient (Wildman–Crippen LogP) is 1.36. The van der Waals surface area contributed by atoms with E-state index in [2.05, 4.69) is 15.7 Å². The van der Waals surface area contributed by atoms with E-state index in [0.717, 1.165) is 0 Å². The van der Waals surface area contributed by atoms with E-state index in [0.29, 0.717) is 24.8 Å². The summed E-state index contributed by atoms with van der Waals surface area (Å²) < 4.78 is 17.7. The van der Waals surface area contributed by atoms with Crippen molar-refractivity contribution in [1.82, 2.24) is 5.43 Å². The van der Waals surface area contributed by atoms with E-state index in [-0.39, 0.29) is 5.02 Å². The average molecular weight is 261 g/mol. The molecule has 94 valence electrons. The number of nitrogens with two attached hydrogens (primary N) is 1. The molecule has 17 heavy (non-hydrogen) atoms. The summed E-state index contributed by atoms with van der Waals surface area (Å²) in [5.74, 6) is 5.21. The second-order valence-electron chi connectivity index (χ2n) is 3.12. The molecule has 7 heteroatoms. The number of hydrazine groups is 1. The third-order valence-corrected chi connectivity index (χ3v) is 2.20. The van der Waals surface area contributed by atoms with Gasteiger partial charge in [-0.1, -0.05) is 11.6 Å². The highest BCUT2D eigenvalue weighted by molar-refractivity contribution is 6.33. The Morgan fingerprint density at radius 3 is 2.94 bits per heavy atom. The first-order chi connectivity index (χ1) is 8.17. The summed E-state index contributed by atoms with van der Waals surface area (Å²) in [5, 5.41) is 3.09. The minimum absolute atomic E-state index is 0.250. The van der Waals surface area contributed by atoms with Crippen molar-refractivity contribution >= 4 is 23.2 Å². The summed E-state index contributed by atoms with van der Waals surface area (Å²) in [5.41, 5.74) is 2.90. The SMILES string of the molecule is COCCN=C(NN)Nc1ccc(F)cc1Cl. The predicted molar refractivity (Wildman–Crippen MR) is 66.5 cm³/mol. The fourth-order valence-electron chi connectivity index (χ4n) is 1.09. The first kappa shape index (κ1) is 13.7. The molecular formula is C10H14ClFN4O. The Balaban J connectivity index is 2.70. The molecule has 0 aliphatic carbocycles. The Morgan fingerprint density at radius 1 is 1.59 bits per heavy atom. The lowest BCUT2D eigenvalue weighted by Gasteiger charge is -2.10. The Morgan fingerprint density at radius 2 is 2.35 bits per heavy atom. The molecule has 0 aliphatic rings. The fraction of sp³-hybridized carbons (Fsp3) is 0.300. The van der Waals surface area contributed by atoms with Gasteiger partial charge in [-0.05, 0) is 18.2 Å². The second kappa shape index (κ2) is 7.05. The summed E-state index contributed by atoms with van der Waals surface area (Å²) in [6.07, 6.45) is 0. The molecule has 5 nitrogen and oxygen atoms in total. The number of halogens is 2. The van der Waals surface area contributed by atoms with Gasteiger partial charge in [0.05, 0.1) is 23.9 Å². The van der Waals surface area contributed by atoms with Gasteiger partial charge in [0, 0.05) is 7.11 Å². The highest BCUT2D eigenvalue weighted by Gasteiger charge is 2.03. The fourth-order valence-corrected chi connectivity index (χ4v) is 1.30. The van der Waals surface area contributed by atoms with E-state index in [1.165, 1.54) is 18.2 Å². The van der Waals surface area contributed by atoms with Crippen LogP contribution < -0.4 is 16.6 Å². The van der Waals surface area contributed by atoms with Crippen LogP contribution in [0.25, 0.3) is 0 Å². The number of guanidine groups is 1. The van der Waals surface area contributed by atoms with E-state index in [1.807, 2.05) is 0 Å². The smallest absolute Gasteiger partial charge is 0.210 e. The quantitative estimate of drug-likeness (QED) is 0.251. The van der Waals surface area contributed by atoms with Gasteiger partial charge < -0.3 is 10.1 Å². The number of hydrogen-bond acceptors (Lipinski definition) is 3. The topological polar surface area (TPSA) is 71.7 Å². The minimum atomic E-state index is -0.404. The van der Waals surface area contributed by atoms with Crippen LogP contribution in [0.2, 0.25) is 5.02 Å². The number of anilines is 1. The Bertz CT molecular complexity index is 400. The van der Waals surface area contributed by atoms with Gasteiger partial charge >= 0.3 is 0 Å². The number of nitrogens with zero attached hydrogens (tertiary/aromatic N) is 1. The summed E-state index contributed by atoms with van der Waals surface area (Å²) in [4.78, 5) is 4.08. The minimum Gasteiger partial charge on any atom is -0.383 e. The van der Waals surface area contributed by atoms with Crippen LogP contribution >= 0.6 is 11.6 Å². The first-order valence-corrected chi connectivity index (χ1v) is 5.27. The summed E-state index contributed by atoms with van der Waals surface area (Å²) in [6.45, 7) is 0.922. The molecule has 0 saturated carbocycles. The molecule has 0 radical (unpaired) electrons. The van der Waals surface area contributed by atoms with Crippen LogP contribution in [0.4, 0.5) is 10.1 Å². The van der Waals surface area contributed by atoms with Crippen LogP contribution in [0, 0.1) is 5.82 Å². The molecule has 0 amide bonds. The van der Waals surface area contributed by atoms with Crippen molar-refractivity contribution in [1.29, 1.82) is 0 Å². The molecular weight excluding hydrogens is 247 g/mol. The summed E-state index contributed by atoms with van der Waals surface area (Å²) >= 11 is 5.84. The van der Waals surface area contributed by atoms with Gasteiger partial charge in [-0.3, -0.25) is 5.43 Å². The largest absolute Gasteiger partial charge is 0.383 e. The van der Waals surface area contributed by atoms with Crippen molar-refractivity contribution in [2.45, 2.75) is 0 Å². The van der Waals surface area contributed by atoms with E-state index < -0.39 is 5.82 Å². The maximum absolute atomic E-state index is 12.8. The molecule has 1 rings (SSSR count). The Hall–Kier alpha value is -1.37. The van der Waals surface area contributed by atoms with Crippen LogP contribution in [0.1, 0.15) is 0 Å². The molecule has 0 bridgehead atoms. The third kappa shape index (κ3) is 4.56. The zero-order chi connectivity index (χ0) is 12.7. The first-order valence-electron chi connectivity index (χ1n) is 4.89. The Kier molecular flexibility index (Phi) is 5.68. The molecule has 0 aliphatic heterocycles. The number of rotatable bonds is 4. The maximum Gasteiger partial charge on any atom is 0.210 e. The third-order valence-electron chi connectivity index (χ3n) is 1.89. The molecule has 0 saturated heterocycles. The molecule has 0 unspecified atom stereocenters. The van der Waals surface area contributed by atoms with Gasteiger partial charge in [-0.15, -0.1) is 0 Å². The lowest BCUT2D eigenvalue weighted by atomic mass is 10.3. The monoisotopic (exact) mass is 260 g/mol. The molecule has 1 aromatic carbocycles. The van der Waals surface area contributed by atoms with Crippen molar-refractivity contribution < 1.29 is 9.13 Å². The van der Waals surface area contributed by atoms with Gasteiger partial charge in [0.1, 0.15) is 5.82 Å². The van der Waals surface area contributed by atoms with E-state index in [1.54, 1.807) is 7.11 Å². The number of benzene rings is 1. The van der Waals surface area contributed by atoms with Gasteiger partial charge in [0.2, 0.25) is 5.96 Å². The van der Waals surface area contributed by atoms with E-state index >= 15 is 0 Å². The molecule has 1 aromatic rings. The molecule has 0 aromatic heterocycles. The van der Waals surface area contributed by atoms with Crippen molar-refractivity contribution in [3.63, 3.8) is 0 Å². The normalized spacial score (nSPS) is 11.4. The van der Waals surface area contributed by atoms with Gasteiger partial charge in [0.15, 0.2) is 0 Å². The molecule has 0 spiro atoms. The van der Waals surface area contributed by atoms with Gasteiger partial charge in [-0.2, -0.15) is 0 Å². The average Bonchev–Trinajstić information content (AvgIpc) is 2.31. The number of nitrogens with one attached hydrogen (secondary N) is 2. The van der Waals surface area contributed by atoms with Gasteiger partial charge in [-0.25, -0.2) is 15.2 Å². The van der Waals surface area contributed by atoms with Crippen LogP contribution in [0.5, 0.6) is 0 Å². The number of ether oxygens (including phenoxy) is 1. The zero-order valence-corrected chi connectivity index (χ0v) is 10.1. The molecule has 0 atom stereocenters. The van der Waals surface area contributed by atoms with Gasteiger partial charge in [0.25, 0.3) is 0 Å². The standard InChI is InChI=1S/C10H14ClFN4O/c1-17-5-4-14-10(16-13)15-9-3-2-7(12)6-8(9)11/h2-3,6H,4-5,13H2,1H3,(H2,14,15,16). The van der Waals surface area contributed by atoms with Crippen LogP contribution in [0.3, 0.4) is 0 Å². The molecule has 0 heterocycles. The number of aliphatic imine (C=N–C) groups is 1. The lowest BCUT2D eigenvalue weighted by Crippen LogP contribution is -2.36. The van der Waals surface area contributed by atoms with E-state index in [9.17, 15) is 4.39 Å². The van der Waals surface area contributed by atoms with Crippen molar-refractivity contribution in [3.8, 4) is 0 Å². The van der Waals surface area contributed by atoms with Crippen LogP contribution in [-0.2, 0) is 4.74 Å². The molecule has 4 N–H and O–H groups in total. The van der Waals surface area contributed by atoms with Crippen molar-refractivity contribution in [2.24, 2.45) is 10.8 Å². The van der Waals surface area contributed by atoms with Crippen molar-refractivity contribution in [2.75, 3.05) is 25.6 Å². The number of hydrogen-bond donors (Lipinski definition) is 3. The van der Waals surface area contributed by atoms with E-state index in [4.69, 9.17) is 22.2 Å². The number of methoxy groups -OCH3 is 1. The second-order valence-corrected chi connectivity index (χ2v) is 3.52. The zero-order valence-electron chi connectivity index (χ0n) is 9.34. The van der Waals surface area contributed by atoms with Crippen molar-refractivity contribution in [3.05, 3.63) is 29.0 Å².